The Morgan fingerprint density at radius 2 is 1.76 bits per heavy atom. The monoisotopic (exact) mass is 318 g/mol. The fourth-order valence-electron chi connectivity index (χ4n) is 1.97. The van der Waals surface area contributed by atoms with Crippen LogP contribution in [0.15, 0.2) is 42.5 Å². The molecule has 21 heavy (non-hydrogen) atoms. The van der Waals surface area contributed by atoms with E-state index < -0.39 is 0 Å². The predicted molar refractivity (Wildman–Crippen MR) is 95.1 cm³/mol. The molecule has 0 saturated heterocycles. The molecule has 2 N–H and O–H groups in total. The number of rotatable bonds is 3. The van der Waals surface area contributed by atoms with Crippen molar-refractivity contribution >= 4 is 34.6 Å². The SMILES string of the molecule is Cc1ccc([C@H](C)NC(=S)Nc2ccc(C)c(Cl)c2)cc1. The van der Waals surface area contributed by atoms with Crippen LogP contribution in [0.3, 0.4) is 0 Å². The largest absolute Gasteiger partial charge is 0.356 e. The molecule has 0 fully saturated rings. The molecule has 0 heterocycles. The van der Waals surface area contributed by atoms with Crippen molar-refractivity contribution in [2.75, 3.05) is 5.32 Å². The quantitative estimate of drug-likeness (QED) is 0.778. The highest BCUT2D eigenvalue weighted by molar-refractivity contribution is 7.80. The average Bonchev–Trinajstić information content (AvgIpc) is 2.43. The smallest absolute Gasteiger partial charge is 0.171 e. The Balaban J connectivity index is 1.97. The number of nitrogens with one attached hydrogen (secondary N) is 2. The van der Waals surface area contributed by atoms with Gasteiger partial charge in [0.25, 0.3) is 0 Å². The molecule has 2 nitrogen and oxygen atoms in total. The third-order valence-corrected chi connectivity index (χ3v) is 3.98. The van der Waals surface area contributed by atoms with Crippen LogP contribution in [0.25, 0.3) is 0 Å². The van der Waals surface area contributed by atoms with Gasteiger partial charge in [0.1, 0.15) is 0 Å². The maximum absolute atomic E-state index is 6.11. The minimum absolute atomic E-state index is 0.145. The fourth-order valence-corrected chi connectivity index (χ4v) is 2.45. The molecule has 110 valence electrons. The molecule has 2 rings (SSSR count). The summed E-state index contributed by atoms with van der Waals surface area (Å²) in [7, 11) is 0. The fraction of sp³-hybridized carbons (Fsp3) is 0.235. The lowest BCUT2D eigenvalue weighted by Gasteiger charge is -2.18. The van der Waals surface area contributed by atoms with Crippen LogP contribution >= 0.6 is 23.8 Å². The van der Waals surface area contributed by atoms with Crippen molar-refractivity contribution < 1.29 is 0 Å². The first kappa shape index (κ1) is 15.8. The highest BCUT2D eigenvalue weighted by atomic mass is 35.5. The van der Waals surface area contributed by atoms with Crippen molar-refractivity contribution in [1.29, 1.82) is 0 Å². The zero-order valence-corrected chi connectivity index (χ0v) is 14.0. The molecule has 0 aromatic heterocycles. The minimum Gasteiger partial charge on any atom is -0.356 e. The molecule has 1 atom stereocenters. The first-order valence-electron chi connectivity index (χ1n) is 6.86. The van der Waals surface area contributed by atoms with Crippen molar-refractivity contribution in [1.82, 2.24) is 5.32 Å². The van der Waals surface area contributed by atoms with Gasteiger partial charge in [0, 0.05) is 10.7 Å². The van der Waals surface area contributed by atoms with E-state index in [1.807, 2.05) is 25.1 Å². The van der Waals surface area contributed by atoms with Crippen molar-refractivity contribution in [3.8, 4) is 0 Å². The summed E-state index contributed by atoms with van der Waals surface area (Å²) in [6.07, 6.45) is 0. The van der Waals surface area contributed by atoms with Crippen molar-refractivity contribution in [2.24, 2.45) is 0 Å². The predicted octanol–water partition coefficient (Wildman–Crippen LogP) is 5.00. The second-order valence-corrected chi connectivity index (χ2v) is 6.01. The summed E-state index contributed by atoms with van der Waals surface area (Å²) in [6.45, 7) is 6.14. The number of aryl methyl sites for hydroxylation is 2. The lowest BCUT2D eigenvalue weighted by Crippen LogP contribution is -2.30. The second kappa shape index (κ2) is 6.92. The lowest BCUT2D eigenvalue weighted by atomic mass is 10.1. The first-order chi connectivity index (χ1) is 9.95. The van der Waals surface area contributed by atoms with Crippen LogP contribution < -0.4 is 10.6 Å². The van der Waals surface area contributed by atoms with E-state index in [4.69, 9.17) is 23.8 Å². The summed E-state index contributed by atoms with van der Waals surface area (Å²) < 4.78 is 0. The van der Waals surface area contributed by atoms with Crippen LogP contribution in [0.1, 0.15) is 29.7 Å². The Kier molecular flexibility index (Phi) is 5.21. The van der Waals surface area contributed by atoms with E-state index in [0.29, 0.717) is 5.11 Å². The van der Waals surface area contributed by atoms with Gasteiger partial charge in [-0.25, -0.2) is 0 Å². The number of benzene rings is 2. The molecule has 0 aliphatic carbocycles. The molecule has 0 radical (unpaired) electrons. The third kappa shape index (κ3) is 4.45. The van der Waals surface area contributed by atoms with E-state index >= 15 is 0 Å². The van der Waals surface area contributed by atoms with Gasteiger partial charge in [0.2, 0.25) is 0 Å². The van der Waals surface area contributed by atoms with E-state index in [2.05, 4.69) is 48.7 Å². The normalized spacial score (nSPS) is 11.8. The van der Waals surface area contributed by atoms with Gasteiger partial charge in [-0.3, -0.25) is 0 Å². The van der Waals surface area contributed by atoms with Crippen molar-refractivity contribution in [3.05, 3.63) is 64.2 Å². The standard InChI is InChI=1S/C17H19ClN2S/c1-11-4-7-14(8-5-11)13(3)19-17(21)20-15-9-6-12(2)16(18)10-15/h4-10,13H,1-3H3,(H2,19,20,21)/t13-/m0/s1. The van der Waals surface area contributed by atoms with Crippen LogP contribution in [0, 0.1) is 13.8 Å². The number of hydrogen-bond donors (Lipinski definition) is 2. The summed E-state index contributed by atoms with van der Waals surface area (Å²) in [5.74, 6) is 0. The van der Waals surface area contributed by atoms with Crippen molar-refractivity contribution in [2.45, 2.75) is 26.8 Å². The van der Waals surface area contributed by atoms with Crippen LogP contribution in [-0.2, 0) is 0 Å². The summed E-state index contributed by atoms with van der Waals surface area (Å²) in [6, 6.07) is 14.4. The van der Waals surface area contributed by atoms with Crippen molar-refractivity contribution in [3.63, 3.8) is 0 Å². The Morgan fingerprint density at radius 1 is 1.10 bits per heavy atom. The van der Waals surface area contributed by atoms with Crippen LogP contribution in [0.2, 0.25) is 5.02 Å². The van der Waals surface area contributed by atoms with Gasteiger partial charge in [-0.15, -0.1) is 0 Å². The summed E-state index contributed by atoms with van der Waals surface area (Å²) in [4.78, 5) is 0. The maximum atomic E-state index is 6.11. The zero-order valence-electron chi connectivity index (χ0n) is 12.4. The van der Waals surface area contributed by atoms with Gasteiger partial charge in [-0.2, -0.15) is 0 Å². The van der Waals surface area contributed by atoms with Gasteiger partial charge in [0.05, 0.1) is 6.04 Å². The first-order valence-corrected chi connectivity index (χ1v) is 7.64. The number of thiocarbonyl (C=S) groups is 1. The average molecular weight is 319 g/mol. The van der Waals surface area contributed by atoms with Gasteiger partial charge >= 0.3 is 0 Å². The number of anilines is 1. The Bertz CT molecular complexity index is 638. The minimum atomic E-state index is 0.145. The molecular weight excluding hydrogens is 300 g/mol. The van der Waals surface area contributed by atoms with Gasteiger partial charge in [0.15, 0.2) is 5.11 Å². The highest BCUT2D eigenvalue weighted by Crippen LogP contribution is 2.20. The molecule has 0 amide bonds. The summed E-state index contributed by atoms with van der Waals surface area (Å²) >= 11 is 11.5. The van der Waals surface area contributed by atoms with E-state index in [1.165, 1.54) is 11.1 Å². The maximum Gasteiger partial charge on any atom is 0.171 e. The molecule has 0 saturated carbocycles. The molecule has 0 spiro atoms. The van der Waals surface area contributed by atoms with Gasteiger partial charge in [-0.05, 0) is 56.2 Å². The molecule has 0 aliphatic heterocycles. The molecule has 2 aromatic rings. The topological polar surface area (TPSA) is 24.1 Å². The Labute approximate surface area is 136 Å². The molecule has 2 aromatic carbocycles. The third-order valence-electron chi connectivity index (χ3n) is 3.35. The Hall–Kier alpha value is -1.58. The Morgan fingerprint density at radius 3 is 2.38 bits per heavy atom. The van der Waals surface area contributed by atoms with Gasteiger partial charge in [-0.1, -0.05) is 47.5 Å². The lowest BCUT2D eigenvalue weighted by molar-refractivity contribution is 0.722. The highest BCUT2D eigenvalue weighted by Gasteiger charge is 2.07. The molecule has 4 heteroatoms. The molecule has 0 unspecified atom stereocenters. The van der Waals surface area contributed by atoms with Gasteiger partial charge < -0.3 is 10.6 Å². The zero-order chi connectivity index (χ0) is 15.4. The molecule has 0 bridgehead atoms. The number of hydrogen-bond acceptors (Lipinski definition) is 1. The summed E-state index contributed by atoms with van der Waals surface area (Å²) in [5, 5.41) is 7.75. The second-order valence-electron chi connectivity index (χ2n) is 5.19. The molecular formula is C17H19ClN2S. The van der Waals surface area contributed by atoms with Crippen LogP contribution in [0.4, 0.5) is 5.69 Å². The van der Waals surface area contributed by atoms with E-state index in [1.54, 1.807) is 0 Å². The van der Waals surface area contributed by atoms with E-state index in [9.17, 15) is 0 Å². The van der Waals surface area contributed by atoms with Crippen LogP contribution in [-0.4, -0.2) is 5.11 Å². The molecule has 0 aliphatic rings. The number of halogens is 1. The van der Waals surface area contributed by atoms with E-state index in [-0.39, 0.29) is 6.04 Å². The van der Waals surface area contributed by atoms with Crippen LogP contribution in [0.5, 0.6) is 0 Å². The van der Waals surface area contributed by atoms with E-state index in [0.717, 1.165) is 16.3 Å². The summed E-state index contributed by atoms with van der Waals surface area (Å²) in [5.41, 5.74) is 4.39.